The van der Waals surface area contributed by atoms with Crippen molar-refractivity contribution in [2.75, 3.05) is 44.2 Å². The molecule has 2 fully saturated rings. The third kappa shape index (κ3) is 5.54. The van der Waals surface area contributed by atoms with Gasteiger partial charge in [0.25, 0.3) is 0 Å². The second-order valence-corrected chi connectivity index (χ2v) is 9.33. The number of ketones is 1. The molecule has 32 heavy (non-hydrogen) atoms. The molecule has 0 radical (unpaired) electrons. The number of halogens is 3. The number of aliphatic hydroxyl groups excluding tert-OH is 1. The van der Waals surface area contributed by atoms with E-state index in [4.69, 9.17) is 9.84 Å². The van der Waals surface area contributed by atoms with E-state index in [0.717, 1.165) is 89.4 Å². The first-order valence-electron chi connectivity index (χ1n) is 11.7. The Hall–Kier alpha value is -1.87. The molecule has 0 spiro atoms. The molecule has 1 atom stereocenters. The molecule has 1 aromatic heterocycles. The number of hydrogen-bond acceptors (Lipinski definition) is 6. The first-order chi connectivity index (χ1) is 15.3. The third-order valence-electron chi connectivity index (χ3n) is 7.20. The Morgan fingerprint density at radius 3 is 2.53 bits per heavy atom. The molecule has 1 saturated heterocycles. The normalized spacial score (nSPS) is 25.3. The summed E-state index contributed by atoms with van der Waals surface area (Å²) >= 11 is 0. The summed E-state index contributed by atoms with van der Waals surface area (Å²) in [6.07, 6.45) is -0.622. The van der Waals surface area contributed by atoms with E-state index in [1.165, 1.54) is 5.56 Å². The van der Waals surface area contributed by atoms with Crippen LogP contribution in [-0.2, 0) is 11.2 Å². The smallest absolute Gasteiger partial charge is 0.421 e. The fourth-order valence-electron chi connectivity index (χ4n) is 5.22. The molecule has 178 valence electrons. The highest BCUT2D eigenvalue weighted by Gasteiger charge is 2.43. The number of hydrogen-bond donors (Lipinski definition) is 1. The summed E-state index contributed by atoms with van der Waals surface area (Å²) in [4.78, 5) is 21.1. The van der Waals surface area contributed by atoms with Gasteiger partial charge in [-0.3, -0.25) is 9.69 Å². The number of fused-ring (bicyclic) bond motifs is 1. The molecule has 3 heterocycles. The lowest BCUT2D eigenvalue weighted by molar-refractivity contribution is -0.204. The number of nitrogens with zero attached hydrogens (tertiary/aromatic N) is 3. The van der Waals surface area contributed by atoms with Gasteiger partial charge in [-0.05, 0) is 43.7 Å². The number of alkyl halides is 3. The van der Waals surface area contributed by atoms with Gasteiger partial charge in [0.15, 0.2) is 5.78 Å². The first-order valence-corrected chi connectivity index (χ1v) is 11.7. The van der Waals surface area contributed by atoms with Crippen LogP contribution in [-0.4, -0.2) is 72.4 Å². The van der Waals surface area contributed by atoms with Gasteiger partial charge in [-0.1, -0.05) is 12.8 Å². The molecule has 0 aromatic carbocycles. The highest BCUT2D eigenvalue weighted by molar-refractivity contribution is 5.83. The molecule has 1 saturated carbocycles. The third-order valence-corrected chi connectivity index (χ3v) is 7.20. The average Bonchev–Trinajstić information content (AvgIpc) is 3.27. The van der Waals surface area contributed by atoms with E-state index in [1.54, 1.807) is 0 Å². The van der Waals surface area contributed by atoms with Crippen molar-refractivity contribution in [2.24, 2.45) is 11.8 Å². The van der Waals surface area contributed by atoms with E-state index in [-0.39, 0.29) is 12.3 Å². The predicted molar refractivity (Wildman–Crippen MR) is 114 cm³/mol. The van der Waals surface area contributed by atoms with Gasteiger partial charge in [0, 0.05) is 50.8 Å². The molecular weight excluding hydrogens is 423 g/mol. The van der Waals surface area contributed by atoms with Crippen molar-refractivity contribution < 1.29 is 27.8 Å². The number of Topliss-reactive ketones (excluding diaryl/α,β-unsaturated/α-hetero) is 1. The lowest BCUT2D eigenvalue weighted by Gasteiger charge is -2.37. The lowest BCUT2D eigenvalue weighted by atomic mass is 9.78. The maximum atomic E-state index is 12.5. The number of carbonyl (C=O) groups is 1. The van der Waals surface area contributed by atoms with Crippen molar-refractivity contribution in [1.29, 1.82) is 0 Å². The van der Waals surface area contributed by atoms with Crippen LogP contribution in [0.15, 0.2) is 12.3 Å². The van der Waals surface area contributed by atoms with Crippen LogP contribution in [0, 0.1) is 11.8 Å². The summed E-state index contributed by atoms with van der Waals surface area (Å²) in [6, 6.07) is 1.94. The first kappa shape index (κ1) is 23.3. The Kier molecular flexibility index (Phi) is 7.24. The topological polar surface area (TPSA) is 65.9 Å². The minimum Gasteiger partial charge on any atom is -0.493 e. The van der Waals surface area contributed by atoms with Crippen LogP contribution < -0.4 is 9.64 Å². The number of rotatable bonds is 7. The Balaban J connectivity index is 1.15. The van der Waals surface area contributed by atoms with E-state index in [2.05, 4.69) is 14.8 Å². The van der Waals surface area contributed by atoms with Crippen LogP contribution in [0.5, 0.6) is 5.75 Å². The molecule has 0 amide bonds. The zero-order chi connectivity index (χ0) is 22.7. The lowest BCUT2D eigenvalue weighted by Crippen LogP contribution is -2.47. The molecule has 2 aliphatic heterocycles. The highest BCUT2D eigenvalue weighted by Crippen LogP contribution is 2.35. The van der Waals surface area contributed by atoms with Crippen LogP contribution in [0.4, 0.5) is 19.0 Å². The van der Waals surface area contributed by atoms with Crippen molar-refractivity contribution in [3.05, 3.63) is 17.8 Å². The maximum absolute atomic E-state index is 12.5. The van der Waals surface area contributed by atoms with Crippen LogP contribution >= 0.6 is 0 Å². The monoisotopic (exact) mass is 455 g/mol. The van der Waals surface area contributed by atoms with E-state index in [0.29, 0.717) is 5.92 Å². The van der Waals surface area contributed by atoms with E-state index in [9.17, 15) is 18.0 Å². The molecule has 4 rings (SSSR count). The number of aromatic nitrogens is 1. The van der Waals surface area contributed by atoms with Crippen molar-refractivity contribution >= 4 is 11.6 Å². The standard InChI is InChI=1S/C23H32F3N3O3/c24-23(25,26)21(31)19(30)15-17-3-1-16(2-4-17)6-9-28-10-12-29(13-11-28)22-18-7-14-32-20(18)5-8-27-22/h5,8,16-17,21,31H,1-4,6-7,9-15H2. The fraction of sp³-hybridized carbons (Fsp3) is 0.739. The number of aliphatic hydroxyl groups is 1. The van der Waals surface area contributed by atoms with E-state index in [1.807, 2.05) is 12.3 Å². The quantitative estimate of drug-likeness (QED) is 0.681. The van der Waals surface area contributed by atoms with Gasteiger partial charge in [-0.2, -0.15) is 13.2 Å². The molecule has 3 aliphatic rings. The van der Waals surface area contributed by atoms with Crippen molar-refractivity contribution in [3.8, 4) is 5.75 Å². The summed E-state index contributed by atoms with van der Waals surface area (Å²) < 4.78 is 43.1. The summed E-state index contributed by atoms with van der Waals surface area (Å²) in [6.45, 7) is 5.63. The number of piperazine rings is 1. The van der Waals surface area contributed by atoms with Gasteiger partial charge in [-0.15, -0.1) is 0 Å². The Labute approximate surface area is 186 Å². The summed E-state index contributed by atoms with van der Waals surface area (Å²) in [5.74, 6) is 1.45. The van der Waals surface area contributed by atoms with Crippen molar-refractivity contribution in [1.82, 2.24) is 9.88 Å². The largest absolute Gasteiger partial charge is 0.493 e. The van der Waals surface area contributed by atoms with Gasteiger partial charge >= 0.3 is 6.18 Å². The average molecular weight is 456 g/mol. The zero-order valence-corrected chi connectivity index (χ0v) is 18.3. The van der Waals surface area contributed by atoms with Crippen molar-refractivity contribution in [2.45, 2.75) is 57.2 Å². The van der Waals surface area contributed by atoms with E-state index < -0.39 is 18.1 Å². The molecule has 1 aromatic rings. The van der Waals surface area contributed by atoms with E-state index >= 15 is 0 Å². The Morgan fingerprint density at radius 2 is 1.84 bits per heavy atom. The minimum absolute atomic E-state index is 0.0385. The summed E-state index contributed by atoms with van der Waals surface area (Å²) in [5, 5.41) is 9.11. The number of anilines is 1. The van der Waals surface area contributed by atoms with Crippen LogP contribution in [0.3, 0.4) is 0 Å². The van der Waals surface area contributed by atoms with Crippen LogP contribution in [0.25, 0.3) is 0 Å². The van der Waals surface area contributed by atoms with Gasteiger partial charge < -0.3 is 14.7 Å². The zero-order valence-electron chi connectivity index (χ0n) is 18.3. The van der Waals surface area contributed by atoms with Crippen molar-refractivity contribution in [3.63, 3.8) is 0 Å². The number of pyridine rings is 1. The SMILES string of the molecule is O=C(CC1CCC(CCN2CCN(c3nccc4c3CCO4)CC2)CC1)C(O)C(F)(F)F. The molecular formula is C23H32F3N3O3. The van der Waals surface area contributed by atoms with Crippen LogP contribution in [0.2, 0.25) is 0 Å². The molecule has 0 bridgehead atoms. The molecule has 1 aliphatic carbocycles. The molecule has 1 N–H and O–H groups in total. The molecule has 9 heteroatoms. The molecule has 6 nitrogen and oxygen atoms in total. The van der Waals surface area contributed by atoms with Crippen LogP contribution in [0.1, 0.15) is 44.1 Å². The second-order valence-electron chi connectivity index (χ2n) is 9.33. The molecule has 1 unspecified atom stereocenters. The van der Waals surface area contributed by atoms with Gasteiger partial charge in [0.05, 0.1) is 6.61 Å². The summed E-state index contributed by atoms with van der Waals surface area (Å²) in [5.41, 5.74) is 1.22. The highest BCUT2D eigenvalue weighted by atomic mass is 19.4. The minimum atomic E-state index is -4.86. The number of ether oxygens (including phenoxy) is 1. The fourth-order valence-corrected chi connectivity index (χ4v) is 5.22. The maximum Gasteiger partial charge on any atom is 0.421 e. The predicted octanol–water partition coefficient (Wildman–Crippen LogP) is 3.22. The van der Waals surface area contributed by atoms with Gasteiger partial charge in [0.2, 0.25) is 6.10 Å². The Morgan fingerprint density at radius 1 is 1.16 bits per heavy atom. The Bertz CT molecular complexity index is 788. The van der Waals surface area contributed by atoms with Gasteiger partial charge in [-0.25, -0.2) is 4.98 Å². The second kappa shape index (κ2) is 9.95. The number of carbonyl (C=O) groups excluding carboxylic acids is 1. The van der Waals surface area contributed by atoms with Gasteiger partial charge in [0.1, 0.15) is 11.6 Å². The summed E-state index contributed by atoms with van der Waals surface area (Å²) in [7, 11) is 0.